The van der Waals surface area contributed by atoms with Crippen LogP contribution < -0.4 is 10.5 Å². The number of alkyl halides is 1. The maximum absolute atomic E-state index is 11.6. The van der Waals surface area contributed by atoms with Gasteiger partial charge in [-0.3, -0.25) is 4.79 Å². The third-order valence-corrected chi connectivity index (χ3v) is 2.69. The summed E-state index contributed by atoms with van der Waals surface area (Å²) in [6.07, 6.45) is 3.75. The van der Waals surface area contributed by atoms with E-state index in [1.807, 2.05) is 19.0 Å². The Morgan fingerprint density at radius 2 is 2.20 bits per heavy atom. The standard InChI is InChI=1S/C10H16BrN3O/c1-13(2)9-7-10(15)14(12-8-9)6-4-3-5-11/h7-8H,3-6H2,1-2H3. The first-order valence-corrected chi connectivity index (χ1v) is 6.07. The number of aromatic nitrogens is 2. The van der Waals surface area contributed by atoms with E-state index in [0.29, 0.717) is 6.54 Å². The Morgan fingerprint density at radius 3 is 2.73 bits per heavy atom. The molecule has 0 N–H and O–H groups in total. The molecule has 0 fully saturated rings. The molecule has 0 aliphatic carbocycles. The summed E-state index contributed by atoms with van der Waals surface area (Å²) in [5.74, 6) is 0. The fourth-order valence-electron chi connectivity index (χ4n) is 1.19. The molecule has 15 heavy (non-hydrogen) atoms. The van der Waals surface area contributed by atoms with E-state index >= 15 is 0 Å². The van der Waals surface area contributed by atoms with Crippen molar-refractivity contribution < 1.29 is 0 Å². The zero-order valence-electron chi connectivity index (χ0n) is 9.11. The monoisotopic (exact) mass is 273 g/mol. The lowest BCUT2D eigenvalue weighted by Gasteiger charge is -2.12. The number of halogens is 1. The van der Waals surface area contributed by atoms with Gasteiger partial charge in [0, 0.05) is 32.0 Å². The molecule has 0 aliphatic rings. The number of anilines is 1. The van der Waals surface area contributed by atoms with Gasteiger partial charge in [0.2, 0.25) is 0 Å². The van der Waals surface area contributed by atoms with Crippen LogP contribution in [-0.4, -0.2) is 29.2 Å². The maximum atomic E-state index is 11.6. The molecule has 0 spiro atoms. The van der Waals surface area contributed by atoms with Gasteiger partial charge < -0.3 is 4.90 Å². The number of aryl methyl sites for hydroxylation is 1. The van der Waals surface area contributed by atoms with Crippen molar-refractivity contribution in [2.24, 2.45) is 0 Å². The molecular formula is C10H16BrN3O. The van der Waals surface area contributed by atoms with Crippen LogP contribution in [0.15, 0.2) is 17.1 Å². The average molecular weight is 274 g/mol. The van der Waals surface area contributed by atoms with Crippen LogP contribution in [0.1, 0.15) is 12.8 Å². The SMILES string of the molecule is CN(C)c1cnn(CCCCBr)c(=O)c1. The van der Waals surface area contributed by atoms with Crippen molar-refractivity contribution >= 4 is 21.6 Å². The third-order valence-electron chi connectivity index (χ3n) is 2.13. The summed E-state index contributed by atoms with van der Waals surface area (Å²) in [6.45, 7) is 0.693. The van der Waals surface area contributed by atoms with Crippen molar-refractivity contribution in [1.29, 1.82) is 0 Å². The molecule has 1 aromatic heterocycles. The summed E-state index contributed by atoms with van der Waals surface area (Å²) in [7, 11) is 3.79. The minimum atomic E-state index is -0.0317. The number of nitrogens with zero attached hydrogens (tertiary/aromatic N) is 3. The van der Waals surface area contributed by atoms with Gasteiger partial charge in [-0.15, -0.1) is 0 Å². The fraction of sp³-hybridized carbons (Fsp3) is 0.600. The molecule has 0 aliphatic heterocycles. The first kappa shape index (κ1) is 12.2. The Balaban J connectivity index is 2.71. The van der Waals surface area contributed by atoms with Gasteiger partial charge in [0.05, 0.1) is 11.9 Å². The second-order valence-corrected chi connectivity index (χ2v) is 4.36. The molecule has 0 radical (unpaired) electrons. The van der Waals surface area contributed by atoms with Crippen LogP contribution in [-0.2, 0) is 6.54 Å². The first-order valence-electron chi connectivity index (χ1n) is 4.95. The Labute approximate surface area is 98.0 Å². The summed E-state index contributed by atoms with van der Waals surface area (Å²) in [5, 5.41) is 5.09. The summed E-state index contributed by atoms with van der Waals surface area (Å²) < 4.78 is 1.51. The average Bonchev–Trinajstić information content (AvgIpc) is 2.20. The summed E-state index contributed by atoms with van der Waals surface area (Å²) >= 11 is 3.36. The number of unbranched alkanes of at least 4 members (excludes halogenated alkanes) is 1. The molecule has 0 unspecified atom stereocenters. The molecule has 0 atom stereocenters. The number of rotatable bonds is 5. The maximum Gasteiger partial charge on any atom is 0.268 e. The Hall–Kier alpha value is -0.840. The molecule has 1 rings (SSSR count). The zero-order valence-corrected chi connectivity index (χ0v) is 10.7. The Morgan fingerprint density at radius 1 is 1.47 bits per heavy atom. The van der Waals surface area contributed by atoms with Crippen LogP contribution >= 0.6 is 15.9 Å². The van der Waals surface area contributed by atoms with E-state index in [9.17, 15) is 4.79 Å². The third kappa shape index (κ3) is 3.66. The molecule has 0 saturated carbocycles. The second kappa shape index (κ2) is 5.90. The van der Waals surface area contributed by atoms with Gasteiger partial charge in [-0.05, 0) is 12.8 Å². The lowest BCUT2D eigenvalue weighted by molar-refractivity contribution is 0.545. The molecule has 1 aromatic rings. The van der Waals surface area contributed by atoms with Crippen LogP contribution in [0.25, 0.3) is 0 Å². The van der Waals surface area contributed by atoms with Crippen LogP contribution in [0.2, 0.25) is 0 Å². The second-order valence-electron chi connectivity index (χ2n) is 3.57. The summed E-state index contributed by atoms with van der Waals surface area (Å²) in [6, 6.07) is 1.61. The normalized spacial score (nSPS) is 10.3. The van der Waals surface area contributed by atoms with Crippen LogP contribution in [0.4, 0.5) is 5.69 Å². The molecule has 0 aromatic carbocycles. The van der Waals surface area contributed by atoms with Crippen LogP contribution in [0.5, 0.6) is 0 Å². The van der Waals surface area contributed by atoms with E-state index in [-0.39, 0.29) is 5.56 Å². The zero-order chi connectivity index (χ0) is 11.3. The minimum absolute atomic E-state index is 0.0317. The molecule has 1 heterocycles. The van der Waals surface area contributed by atoms with E-state index in [4.69, 9.17) is 0 Å². The smallest absolute Gasteiger partial charge is 0.268 e. The molecular weight excluding hydrogens is 258 g/mol. The highest BCUT2D eigenvalue weighted by Crippen LogP contribution is 2.03. The molecule has 0 amide bonds. The number of hydrogen-bond donors (Lipinski definition) is 0. The van der Waals surface area contributed by atoms with Crippen molar-refractivity contribution in [3.8, 4) is 0 Å². The van der Waals surface area contributed by atoms with Gasteiger partial charge >= 0.3 is 0 Å². The van der Waals surface area contributed by atoms with Crippen molar-refractivity contribution in [1.82, 2.24) is 9.78 Å². The van der Waals surface area contributed by atoms with Gasteiger partial charge in [0.15, 0.2) is 0 Å². The van der Waals surface area contributed by atoms with E-state index < -0.39 is 0 Å². The summed E-state index contributed by atoms with van der Waals surface area (Å²) in [4.78, 5) is 13.5. The highest BCUT2D eigenvalue weighted by molar-refractivity contribution is 9.09. The summed E-state index contributed by atoms with van der Waals surface area (Å²) in [5.41, 5.74) is 0.813. The predicted octanol–water partition coefficient (Wildman–Crippen LogP) is 1.48. The highest BCUT2D eigenvalue weighted by atomic mass is 79.9. The molecule has 84 valence electrons. The topological polar surface area (TPSA) is 38.1 Å². The number of hydrogen-bond acceptors (Lipinski definition) is 3. The van der Waals surface area contributed by atoms with E-state index in [1.54, 1.807) is 12.3 Å². The van der Waals surface area contributed by atoms with Crippen molar-refractivity contribution in [2.45, 2.75) is 19.4 Å². The molecule has 5 heteroatoms. The van der Waals surface area contributed by atoms with Gasteiger partial charge in [-0.25, -0.2) is 4.68 Å². The van der Waals surface area contributed by atoms with Gasteiger partial charge in [0.1, 0.15) is 0 Å². The largest absolute Gasteiger partial charge is 0.376 e. The Bertz CT molecular complexity index is 362. The van der Waals surface area contributed by atoms with Crippen LogP contribution in [0.3, 0.4) is 0 Å². The van der Waals surface area contributed by atoms with Gasteiger partial charge in [-0.1, -0.05) is 15.9 Å². The van der Waals surface area contributed by atoms with Crippen LogP contribution in [0, 0.1) is 0 Å². The Kier molecular flexibility index (Phi) is 4.81. The molecule has 4 nitrogen and oxygen atoms in total. The van der Waals surface area contributed by atoms with Gasteiger partial charge in [-0.2, -0.15) is 5.10 Å². The lowest BCUT2D eigenvalue weighted by Crippen LogP contribution is -2.24. The fourth-order valence-corrected chi connectivity index (χ4v) is 1.59. The lowest BCUT2D eigenvalue weighted by atomic mass is 10.3. The van der Waals surface area contributed by atoms with Gasteiger partial charge in [0.25, 0.3) is 5.56 Å². The molecule has 0 bridgehead atoms. The quantitative estimate of drug-likeness (QED) is 0.603. The van der Waals surface area contributed by atoms with E-state index in [0.717, 1.165) is 23.9 Å². The van der Waals surface area contributed by atoms with E-state index in [2.05, 4.69) is 21.0 Å². The van der Waals surface area contributed by atoms with E-state index in [1.165, 1.54) is 4.68 Å². The van der Waals surface area contributed by atoms with Crippen molar-refractivity contribution in [3.63, 3.8) is 0 Å². The highest BCUT2D eigenvalue weighted by Gasteiger charge is 2.00. The van der Waals surface area contributed by atoms with Crippen molar-refractivity contribution in [2.75, 3.05) is 24.3 Å². The first-order chi connectivity index (χ1) is 7.15. The van der Waals surface area contributed by atoms with Crippen molar-refractivity contribution in [3.05, 3.63) is 22.6 Å². The predicted molar refractivity (Wildman–Crippen MR) is 65.9 cm³/mol. The minimum Gasteiger partial charge on any atom is -0.376 e. The molecule has 0 saturated heterocycles.